The lowest BCUT2D eigenvalue weighted by atomic mass is 10.0. The van der Waals surface area contributed by atoms with Crippen molar-refractivity contribution in [3.05, 3.63) is 24.3 Å². The normalized spacial score (nSPS) is 22.2. The Morgan fingerprint density at radius 2 is 2.21 bits per heavy atom. The molecule has 0 radical (unpaired) electrons. The molecule has 0 spiro atoms. The van der Waals surface area contributed by atoms with Gasteiger partial charge in [0.1, 0.15) is 0 Å². The number of aliphatic hydroxyl groups is 1. The maximum Gasteiger partial charge on any atom is 0.319 e. The molecule has 0 saturated carbocycles. The number of carbonyl (C=O) groups excluding carboxylic acids is 1. The van der Waals surface area contributed by atoms with Crippen LogP contribution >= 0.6 is 11.8 Å². The minimum absolute atomic E-state index is 0.259. The molecule has 1 heterocycles. The van der Waals surface area contributed by atoms with Gasteiger partial charge in [0.25, 0.3) is 0 Å². The summed E-state index contributed by atoms with van der Waals surface area (Å²) in [4.78, 5) is 12.9. The summed E-state index contributed by atoms with van der Waals surface area (Å²) in [7, 11) is 0. The number of rotatable bonds is 4. The van der Waals surface area contributed by atoms with E-state index in [-0.39, 0.29) is 12.6 Å². The van der Waals surface area contributed by atoms with Gasteiger partial charge >= 0.3 is 6.03 Å². The summed E-state index contributed by atoms with van der Waals surface area (Å²) in [6.07, 6.45) is 2.67. The molecule has 1 saturated heterocycles. The molecule has 0 unspecified atom stereocenters. The first-order valence-corrected chi connectivity index (χ1v) is 7.46. The first-order valence-electron chi connectivity index (χ1n) is 6.23. The van der Waals surface area contributed by atoms with E-state index in [1.165, 1.54) is 0 Å². The predicted molar refractivity (Wildman–Crippen MR) is 77.7 cm³/mol. The molecular formula is C13H19N3O2S. The number of anilines is 1. The number of thioether (sulfide) groups is 1. The lowest BCUT2D eigenvalue weighted by molar-refractivity contribution is 0.0640. The van der Waals surface area contributed by atoms with E-state index >= 15 is 0 Å². The van der Waals surface area contributed by atoms with Crippen molar-refractivity contribution in [2.75, 3.05) is 31.2 Å². The molecule has 1 atom stereocenters. The van der Waals surface area contributed by atoms with Crippen LogP contribution in [0.3, 0.4) is 0 Å². The third-order valence-corrected chi connectivity index (χ3v) is 3.89. The Kier molecular flexibility index (Phi) is 4.68. The molecule has 1 aromatic rings. The second-order valence-corrected chi connectivity index (χ2v) is 5.57. The van der Waals surface area contributed by atoms with Crippen molar-refractivity contribution in [2.24, 2.45) is 0 Å². The SMILES string of the molecule is CSc1ccc(NC(=O)NC[C@@]2(O)CCNC2)cc1. The second kappa shape index (κ2) is 6.27. The predicted octanol–water partition coefficient (Wildman–Crippen LogP) is 1.25. The number of benzene rings is 1. The van der Waals surface area contributed by atoms with Crippen LogP contribution in [0, 0.1) is 0 Å². The molecule has 0 aliphatic carbocycles. The number of β-amino-alcohol motifs (C(OH)–C–C–N with tert-alkyl or cyclic N) is 1. The van der Waals surface area contributed by atoms with Gasteiger partial charge in [-0.05, 0) is 43.5 Å². The maximum atomic E-state index is 11.7. The van der Waals surface area contributed by atoms with Crippen molar-refractivity contribution in [3.63, 3.8) is 0 Å². The molecule has 0 bridgehead atoms. The first kappa shape index (κ1) is 14.2. The molecule has 4 N–H and O–H groups in total. The third-order valence-electron chi connectivity index (χ3n) is 3.15. The highest BCUT2D eigenvalue weighted by molar-refractivity contribution is 7.98. The molecule has 19 heavy (non-hydrogen) atoms. The number of nitrogens with one attached hydrogen (secondary N) is 3. The molecule has 2 rings (SSSR count). The summed E-state index contributed by atoms with van der Waals surface area (Å²) >= 11 is 1.65. The molecular weight excluding hydrogens is 262 g/mol. The van der Waals surface area contributed by atoms with E-state index in [9.17, 15) is 9.90 Å². The topological polar surface area (TPSA) is 73.4 Å². The number of carbonyl (C=O) groups is 1. The largest absolute Gasteiger partial charge is 0.387 e. The molecule has 1 fully saturated rings. The standard InChI is InChI=1S/C13H19N3O2S/c1-19-11-4-2-10(3-5-11)16-12(17)15-9-13(18)6-7-14-8-13/h2-5,14,18H,6-9H2,1H3,(H2,15,16,17)/t13-/m1/s1. The van der Waals surface area contributed by atoms with Crippen LogP contribution in [-0.4, -0.2) is 42.6 Å². The monoisotopic (exact) mass is 281 g/mol. The lowest BCUT2D eigenvalue weighted by Crippen LogP contribution is -2.45. The summed E-state index contributed by atoms with van der Waals surface area (Å²) < 4.78 is 0. The summed E-state index contributed by atoms with van der Waals surface area (Å²) in [5.74, 6) is 0. The fraction of sp³-hybridized carbons (Fsp3) is 0.462. The van der Waals surface area contributed by atoms with Gasteiger partial charge in [-0.15, -0.1) is 11.8 Å². The van der Waals surface area contributed by atoms with Crippen LogP contribution in [0.5, 0.6) is 0 Å². The average Bonchev–Trinajstić information content (AvgIpc) is 2.85. The minimum Gasteiger partial charge on any atom is -0.387 e. The minimum atomic E-state index is -0.819. The van der Waals surface area contributed by atoms with Crippen LogP contribution in [-0.2, 0) is 0 Å². The highest BCUT2D eigenvalue weighted by Gasteiger charge is 2.31. The smallest absolute Gasteiger partial charge is 0.319 e. The van der Waals surface area contributed by atoms with E-state index in [1.54, 1.807) is 11.8 Å². The Morgan fingerprint density at radius 1 is 1.47 bits per heavy atom. The van der Waals surface area contributed by atoms with E-state index in [0.29, 0.717) is 13.0 Å². The molecule has 0 aromatic heterocycles. The van der Waals surface area contributed by atoms with Crippen molar-refractivity contribution >= 4 is 23.5 Å². The molecule has 5 nitrogen and oxygen atoms in total. The van der Waals surface area contributed by atoms with E-state index in [0.717, 1.165) is 17.1 Å². The summed E-state index contributed by atoms with van der Waals surface area (Å²) in [5.41, 5.74) is -0.0770. The van der Waals surface area contributed by atoms with Crippen molar-refractivity contribution in [3.8, 4) is 0 Å². The first-order chi connectivity index (χ1) is 9.11. The molecule has 6 heteroatoms. The Hall–Kier alpha value is -1.24. The zero-order valence-corrected chi connectivity index (χ0v) is 11.7. The molecule has 2 amide bonds. The fourth-order valence-electron chi connectivity index (χ4n) is 1.98. The number of hydrogen-bond acceptors (Lipinski definition) is 4. The highest BCUT2D eigenvalue weighted by Crippen LogP contribution is 2.17. The van der Waals surface area contributed by atoms with Gasteiger partial charge in [0.15, 0.2) is 0 Å². The summed E-state index contributed by atoms with van der Waals surface area (Å²) in [6, 6.07) is 7.33. The van der Waals surface area contributed by atoms with Gasteiger partial charge in [-0.1, -0.05) is 0 Å². The van der Waals surface area contributed by atoms with Crippen LogP contribution in [0.1, 0.15) is 6.42 Å². The quantitative estimate of drug-likeness (QED) is 0.627. The van der Waals surface area contributed by atoms with Crippen molar-refractivity contribution in [1.82, 2.24) is 10.6 Å². The lowest BCUT2D eigenvalue weighted by Gasteiger charge is -2.21. The van der Waals surface area contributed by atoms with Crippen molar-refractivity contribution in [2.45, 2.75) is 16.9 Å². The van der Waals surface area contributed by atoms with E-state index in [2.05, 4.69) is 16.0 Å². The van der Waals surface area contributed by atoms with Gasteiger partial charge in [-0.2, -0.15) is 0 Å². The van der Waals surface area contributed by atoms with Crippen LogP contribution in [0.4, 0.5) is 10.5 Å². The van der Waals surface area contributed by atoms with Gasteiger partial charge in [-0.25, -0.2) is 4.79 Å². The Bertz CT molecular complexity index is 430. The average molecular weight is 281 g/mol. The van der Waals surface area contributed by atoms with Crippen LogP contribution in [0.25, 0.3) is 0 Å². The van der Waals surface area contributed by atoms with Crippen LogP contribution in [0.15, 0.2) is 29.2 Å². The van der Waals surface area contributed by atoms with E-state index in [4.69, 9.17) is 0 Å². The van der Waals surface area contributed by atoms with Crippen molar-refractivity contribution < 1.29 is 9.90 Å². The zero-order valence-electron chi connectivity index (χ0n) is 10.9. The zero-order chi connectivity index (χ0) is 13.7. The molecule has 1 aliphatic rings. The van der Waals surface area contributed by atoms with Gasteiger partial charge in [0, 0.05) is 23.7 Å². The Balaban J connectivity index is 1.80. The highest BCUT2D eigenvalue weighted by atomic mass is 32.2. The third kappa shape index (κ3) is 4.12. The van der Waals surface area contributed by atoms with E-state index < -0.39 is 5.60 Å². The molecule has 104 valence electrons. The van der Waals surface area contributed by atoms with Crippen molar-refractivity contribution in [1.29, 1.82) is 0 Å². The molecule has 1 aliphatic heterocycles. The molecule has 1 aromatic carbocycles. The van der Waals surface area contributed by atoms with Gasteiger partial charge in [0.05, 0.1) is 5.60 Å². The fourth-order valence-corrected chi connectivity index (χ4v) is 2.38. The van der Waals surface area contributed by atoms with Crippen LogP contribution in [0.2, 0.25) is 0 Å². The van der Waals surface area contributed by atoms with Gasteiger partial charge < -0.3 is 21.1 Å². The maximum absolute atomic E-state index is 11.7. The van der Waals surface area contributed by atoms with Gasteiger partial charge in [0.2, 0.25) is 0 Å². The number of amides is 2. The van der Waals surface area contributed by atoms with Gasteiger partial charge in [-0.3, -0.25) is 0 Å². The summed E-state index contributed by atoms with van der Waals surface area (Å²) in [5, 5.41) is 18.6. The Morgan fingerprint density at radius 3 is 2.79 bits per heavy atom. The number of urea groups is 1. The summed E-state index contributed by atoms with van der Waals surface area (Å²) in [6.45, 7) is 1.57. The van der Waals surface area contributed by atoms with Crippen LogP contribution < -0.4 is 16.0 Å². The second-order valence-electron chi connectivity index (χ2n) is 4.69. The van der Waals surface area contributed by atoms with E-state index in [1.807, 2.05) is 30.5 Å². The Labute approximate surface area is 117 Å². The number of hydrogen-bond donors (Lipinski definition) is 4.